The summed E-state index contributed by atoms with van der Waals surface area (Å²) < 4.78 is 0. The predicted molar refractivity (Wildman–Crippen MR) is 61.4 cm³/mol. The highest BCUT2D eigenvalue weighted by Crippen LogP contribution is 1.98. The molecule has 0 heterocycles. The second kappa shape index (κ2) is 6.19. The molecule has 0 saturated carbocycles. The minimum Gasteiger partial charge on any atom is -0.356 e. The van der Waals surface area contributed by atoms with Crippen molar-refractivity contribution < 1.29 is 4.79 Å². The summed E-state index contributed by atoms with van der Waals surface area (Å²) in [4.78, 5) is 11.3. The van der Waals surface area contributed by atoms with Gasteiger partial charge in [-0.1, -0.05) is 30.3 Å². The molecule has 3 heteroatoms. The van der Waals surface area contributed by atoms with Crippen LogP contribution in [0.4, 0.5) is 0 Å². The van der Waals surface area contributed by atoms with E-state index < -0.39 is 0 Å². The molecule has 3 nitrogen and oxygen atoms in total. The SMILES string of the molecule is CC(N)CC(=O)NCCc1ccccc1. The third-order valence-corrected chi connectivity index (χ3v) is 2.09. The Labute approximate surface area is 90.7 Å². The number of nitrogens with one attached hydrogen (secondary N) is 1. The zero-order valence-electron chi connectivity index (χ0n) is 9.07. The first-order chi connectivity index (χ1) is 7.18. The van der Waals surface area contributed by atoms with Gasteiger partial charge in [-0.3, -0.25) is 4.79 Å². The van der Waals surface area contributed by atoms with E-state index in [2.05, 4.69) is 17.4 Å². The molecular formula is C12H18N2O. The van der Waals surface area contributed by atoms with Gasteiger partial charge in [-0.25, -0.2) is 0 Å². The van der Waals surface area contributed by atoms with E-state index in [1.807, 2.05) is 25.1 Å². The first-order valence-corrected chi connectivity index (χ1v) is 5.24. The van der Waals surface area contributed by atoms with Crippen LogP contribution >= 0.6 is 0 Å². The summed E-state index contributed by atoms with van der Waals surface area (Å²) >= 11 is 0. The van der Waals surface area contributed by atoms with Crippen LogP contribution in [0.3, 0.4) is 0 Å². The Morgan fingerprint density at radius 2 is 2.07 bits per heavy atom. The van der Waals surface area contributed by atoms with Gasteiger partial charge >= 0.3 is 0 Å². The van der Waals surface area contributed by atoms with Crippen LogP contribution in [0.25, 0.3) is 0 Å². The average Bonchev–Trinajstić information content (AvgIpc) is 2.18. The van der Waals surface area contributed by atoms with E-state index >= 15 is 0 Å². The summed E-state index contributed by atoms with van der Waals surface area (Å²) in [6.45, 7) is 2.51. The van der Waals surface area contributed by atoms with Gasteiger partial charge in [0.2, 0.25) is 5.91 Å². The molecule has 0 fully saturated rings. The van der Waals surface area contributed by atoms with Crippen molar-refractivity contribution in [2.45, 2.75) is 25.8 Å². The maximum atomic E-state index is 11.3. The molecule has 0 aliphatic carbocycles. The Hall–Kier alpha value is -1.35. The van der Waals surface area contributed by atoms with E-state index in [0.717, 1.165) is 6.42 Å². The summed E-state index contributed by atoms with van der Waals surface area (Å²) in [5.74, 6) is 0.0286. The molecule has 0 spiro atoms. The first-order valence-electron chi connectivity index (χ1n) is 5.24. The monoisotopic (exact) mass is 206 g/mol. The molecule has 1 rings (SSSR count). The van der Waals surface area contributed by atoms with E-state index in [9.17, 15) is 4.79 Å². The van der Waals surface area contributed by atoms with E-state index in [4.69, 9.17) is 5.73 Å². The zero-order chi connectivity index (χ0) is 11.1. The minimum atomic E-state index is -0.0678. The third kappa shape index (κ3) is 5.18. The molecule has 0 aliphatic heterocycles. The number of carbonyl (C=O) groups is 1. The van der Waals surface area contributed by atoms with E-state index in [1.54, 1.807) is 0 Å². The smallest absolute Gasteiger partial charge is 0.221 e. The minimum absolute atomic E-state index is 0.0286. The third-order valence-electron chi connectivity index (χ3n) is 2.09. The van der Waals surface area contributed by atoms with Gasteiger partial charge in [-0.2, -0.15) is 0 Å². The molecule has 1 unspecified atom stereocenters. The Kier molecular flexibility index (Phi) is 4.84. The summed E-state index contributed by atoms with van der Waals surface area (Å²) in [5.41, 5.74) is 6.75. The lowest BCUT2D eigenvalue weighted by Crippen LogP contribution is -2.31. The van der Waals surface area contributed by atoms with Gasteiger partial charge in [-0.15, -0.1) is 0 Å². The number of hydrogen-bond acceptors (Lipinski definition) is 2. The van der Waals surface area contributed by atoms with Crippen LogP contribution < -0.4 is 11.1 Å². The molecule has 3 N–H and O–H groups in total. The summed E-state index contributed by atoms with van der Waals surface area (Å²) in [5, 5.41) is 2.84. The number of benzene rings is 1. The molecule has 0 bridgehead atoms. The van der Waals surface area contributed by atoms with Gasteiger partial charge < -0.3 is 11.1 Å². The van der Waals surface area contributed by atoms with Crippen LogP contribution in [0.5, 0.6) is 0 Å². The highest BCUT2D eigenvalue weighted by Gasteiger charge is 2.03. The fourth-order valence-electron chi connectivity index (χ4n) is 1.36. The Bertz CT molecular complexity index is 296. The predicted octanol–water partition coefficient (Wildman–Crippen LogP) is 1.08. The molecule has 15 heavy (non-hydrogen) atoms. The van der Waals surface area contributed by atoms with Crippen molar-refractivity contribution in [2.75, 3.05) is 6.54 Å². The molecule has 0 aromatic heterocycles. The van der Waals surface area contributed by atoms with Crippen molar-refractivity contribution >= 4 is 5.91 Å². The lowest BCUT2D eigenvalue weighted by molar-refractivity contribution is -0.121. The van der Waals surface area contributed by atoms with Crippen LogP contribution in [0.2, 0.25) is 0 Å². The molecule has 0 aliphatic rings. The molecule has 82 valence electrons. The van der Waals surface area contributed by atoms with Gasteiger partial charge in [-0.05, 0) is 18.9 Å². The largest absolute Gasteiger partial charge is 0.356 e. The summed E-state index contributed by atoms with van der Waals surface area (Å²) in [7, 11) is 0. The number of rotatable bonds is 5. The standard InChI is InChI=1S/C12H18N2O/c1-10(13)9-12(15)14-8-7-11-5-3-2-4-6-11/h2-6,10H,7-9,13H2,1H3,(H,14,15). The van der Waals surface area contributed by atoms with Gasteiger partial charge in [0.25, 0.3) is 0 Å². The van der Waals surface area contributed by atoms with E-state index in [0.29, 0.717) is 13.0 Å². The fraction of sp³-hybridized carbons (Fsp3) is 0.417. The van der Waals surface area contributed by atoms with Crippen LogP contribution in [0.15, 0.2) is 30.3 Å². The molecule has 0 radical (unpaired) electrons. The molecule has 1 aromatic rings. The highest BCUT2D eigenvalue weighted by molar-refractivity contribution is 5.76. The topological polar surface area (TPSA) is 55.1 Å². The lowest BCUT2D eigenvalue weighted by Gasteiger charge is -2.06. The Morgan fingerprint density at radius 3 is 2.67 bits per heavy atom. The molecular weight excluding hydrogens is 188 g/mol. The number of nitrogens with two attached hydrogens (primary N) is 1. The molecule has 0 saturated heterocycles. The zero-order valence-corrected chi connectivity index (χ0v) is 9.07. The normalized spacial score (nSPS) is 12.1. The Balaban J connectivity index is 2.19. The van der Waals surface area contributed by atoms with Crippen LogP contribution in [0, 0.1) is 0 Å². The maximum Gasteiger partial charge on any atom is 0.221 e. The van der Waals surface area contributed by atoms with Crippen molar-refractivity contribution in [3.05, 3.63) is 35.9 Å². The van der Waals surface area contributed by atoms with Gasteiger partial charge in [0.05, 0.1) is 0 Å². The van der Waals surface area contributed by atoms with Crippen molar-refractivity contribution in [1.82, 2.24) is 5.32 Å². The number of carbonyl (C=O) groups excluding carboxylic acids is 1. The van der Waals surface area contributed by atoms with Gasteiger partial charge in [0.15, 0.2) is 0 Å². The number of amides is 1. The average molecular weight is 206 g/mol. The van der Waals surface area contributed by atoms with Crippen LogP contribution in [0.1, 0.15) is 18.9 Å². The second-order valence-corrected chi connectivity index (χ2v) is 3.77. The lowest BCUT2D eigenvalue weighted by atomic mass is 10.1. The summed E-state index contributed by atoms with van der Waals surface area (Å²) in [6, 6.07) is 10.0. The molecule has 1 aromatic carbocycles. The van der Waals surface area contributed by atoms with E-state index in [1.165, 1.54) is 5.56 Å². The number of hydrogen-bond donors (Lipinski definition) is 2. The van der Waals surface area contributed by atoms with Crippen molar-refractivity contribution in [3.63, 3.8) is 0 Å². The quantitative estimate of drug-likeness (QED) is 0.757. The first kappa shape index (κ1) is 11.7. The second-order valence-electron chi connectivity index (χ2n) is 3.77. The van der Waals surface area contributed by atoms with Crippen LogP contribution in [-0.2, 0) is 11.2 Å². The Morgan fingerprint density at radius 1 is 1.40 bits per heavy atom. The summed E-state index contributed by atoms with van der Waals surface area (Å²) in [6.07, 6.45) is 1.26. The van der Waals surface area contributed by atoms with Gasteiger partial charge in [0.1, 0.15) is 0 Å². The maximum absolute atomic E-state index is 11.3. The van der Waals surface area contributed by atoms with Crippen molar-refractivity contribution in [1.29, 1.82) is 0 Å². The van der Waals surface area contributed by atoms with Crippen LogP contribution in [-0.4, -0.2) is 18.5 Å². The molecule has 1 atom stereocenters. The van der Waals surface area contributed by atoms with Crippen molar-refractivity contribution in [3.8, 4) is 0 Å². The van der Waals surface area contributed by atoms with Gasteiger partial charge in [0, 0.05) is 19.0 Å². The molecule has 1 amide bonds. The fourth-order valence-corrected chi connectivity index (χ4v) is 1.36. The van der Waals surface area contributed by atoms with Crippen molar-refractivity contribution in [2.24, 2.45) is 5.73 Å². The van der Waals surface area contributed by atoms with E-state index in [-0.39, 0.29) is 11.9 Å². The highest BCUT2D eigenvalue weighted by atomic mass is 16.1.